The van der Waals surface area contributed by atoms with Crippen LogP contribution in [-0.4, -0.2) is 41.9 Å². The molecule has 2 aliphatic heterocycles. The van der Waals surface area contributed by atoms with Gasteiger partial charge < -0.3 is 20.0 Å². The van der Waals surface area contributed by atoms with Crippen LogP contribution in [0.2, 0.25) is 0 Å². The summed E-state index contributed by atoms with van der Waals surface area (Å²) in [6, 6.07) is 11.7. The topological polar surface area (TPSA) is 74.6 Å². The maximum atomic E-state index is 12.9. The van der Waals surface area contributed by atoms with Gasteiger partial charge in [0, 0.05) is 36.4 Å². The molecule has 2 fully saturated rings. The first-order valence-corrected chi connectivity index (χ1v) is 9.08. The number of carbonyl (C=O) groups is 2. The minimum absolute atomic E-state index is 0.00889. The minimum atomic E-state index is -0.331. The molecule has 2 amide bonds. The van der Waals surface area contributed by atoms with Crippen molar-refractivity contribution in [1.29, 1.82) is 0 Å². The van der Waals surface area contributed by atoms with Gasteiger partial charge in [0.15, 0.2) is 5.76 Å². The molecule has 0 aliphatic carbocycles. The van der Waals surface area contributed by atoms with Gasteiger partial charge in [-0.1, -0.05) is 6.07 Å². The Morgan fingerprint density at radius 1 is 1.15 bits per heavy atom. The lowest BCUT2D eigenvalue weighted by Crippen LogP contribution is -2.48. The van der Waals surface area contributed by atoms with Crippen molar-refractivity contribution < 1.29 is 14.0 Å². The molecule has 0 saturated carbocycles. The standard InChI is InChI=1S/C20H23N3O3/c1-23(17-11-15-7-8-16(12-17)21-15)20(25)13-4-2-5-14(10-13)22-19(24)18-6-3-9-26-18/h2-6,9-10,15-17,21H,7-8,11-12H2,1H3,(H,22,24). The van der Waals surface area contributed by atoms with Gasteiger partial charge in [0.05, 0.1) is 6.26 Å². The Morgan fingerprint density at radius 2 is 1.92 bits per heavy atom. The van der Waals surface area contributed by atoms with Gasteiger partial charge in [-0.05, 0) is 56.0 Å². The van der Waals surface area contributed by atoms with Crippen LogP contribution in [0.4, 0.5) is 5.69 Å². The summed E-state index contributed by atoms with van der Waals surface area (Å²) in [5.74, 6) is -0.0997. The van der Waals surface area contributed by atoms with Gasteiger partial charge in [0.1, 0.15) is 0 Å². The van der Waals surface area contributed by atoms with Gasteiger partial charge in [-0.2, -0.15) is 0 Å². The van der Waals surface area contributed by atoms with Crippen molar-refractivity contribution in [3.63, 3.8) is 0 Å². The molecule has 6 nitrogen and oxygen atoms in total. The highest BCUT2D eigenvalue weighted by Crippen LogP contribution is 2.30. The number of benzene rings is 1. The average Bonchev–Trinajstić information content (AvgIpc) is 3.30. The van der Waals surface area contributed by atoms with Crippen molar-refractivity contribution in [2.75, 3.05) is 12.4 Å². The Hall–Kier alpha value is -2.60. The molecular weight excluding hydrogens is 330 g/mol. The first-order chi connectivity index (χ1) is 12.6. The normalized spacial score (nSPS) is 24.3. The first-order valence-electron chi connectivity index (χ1n) is 9.08. The van der Waals surface area contributed by atoms with E-state index in [4.69, 9.17) is 4.42 Å². The Morgan fingerprint density at radius 3 is 2.62 bits per heavy atom. The molecule has 0 spiro atoms. The molecule has 136 valence electrons. The molecule has 2 N–H and O–H groups in total. The number of amides is 2. The van der Waals surface area contributed by atoms with Crippen molar-refractivity contribution in [3.05, 3.63) is 54.0 Å². The molecule has 0 radical (unpaired) electrons. The maximum Gasteiger partial charge on any atom is 0.291 e. The zero-order chi connectivity index (χ0) is 18.1. The number of hydrogen-bond acceptors (Lipinski definition) is 4. The summed E-state index contributed by atoms with van der Waals surface area (Å²) in [6.07, 6.45) is 5.88. The van der Waals surface area contributed by atoms with Crippen molar-refractivity contribution in [3.8, 4) is 0 Å². The van der Waals surface area contributed by atoms with Crippen LogP contribution in [0.1, 0.15) is 46.6 Å². The number of hydrogen-bond donors (Lipinski definition) is 2. The molecule has 26 heavy (non-hydrogen) atoms. The largest absolute Gasteiger partial charge is 0.459 e. The lowest BCUT2D eigenvalue weighted by molar-refractivity contribution is 0.0681. The molecule has 1 aromatic carbocycles. The quantitative estimate of drug-likeness (QED) is 0.886. The summed E-state index contributed by atoms with van der Waals surface area (Å²) in [5, 5.41) is 6.37. The SMILES string of the molecule is CN(C(=O)c1cccc(NC(=O)c2ccco2)c1)C1CC2CCC(C1)N2. The van der Waals surface area contributed by atoms with E-state index >= 15 is 0 Å². The Labute approximate surface area is 152 Å². The molecule has 2 unspecified atom stereocenters. The zero-order valence-corrected chi connectivity index (χ0v) is 14.8. The number of nitrogens with zero attached hydrogens (tertiary/aromatic N) is 1. The Balaban J connectivity index is 1.45. The summed E-state index contributed by atoms with van der Waals surface area (Å²) in [6.45, 7) is 0. The Bertz CT molecular complexity index is 790. The van der Waals surface area contributed by atoms with Crippen LogP contribution in [-0.2, 0) is 0 Å². The van der Waals surface area contributed by atoms with Crippen LogP contribution >= 0.6 is 0 Å². The summed E-state index contributed by atoms with van der Waals surface area (Å²) in [7, 11) is 1.88. The molecule has 2 bridgehead atoms. The van der Waals surface area contributed by atoms with E-state index in [9.17, 15) is 9.59 Å². The zero-order valence-electron chi connectivity index (χ0n) is 14.8. The van der Waals surface area contributed by atoms with Crippen LogP contribution in [0.3, 0.4) is 0 Å². The predicted octanol–water partition coefficient (Wildman–Crippen LogP) is 2.89. The fourth-order valence-electron chi connectivity index (χ4n) is 4.04. The molecular formula is C20H23N3O3. The minimum Gasteiger partial charge on any atom is -0.459 e. The third kappa shape index (κ3) is 3.37. The van der Waals surface area contributed by atoms with E-state index in [0.717, 1.165) is 12.8 Å². The highest BCUT2D eigenvalue weighted by Gasteiger charge is 2.36. The van der Waals surface area contributed by atoms with Crippen LogP contribution in [0.25, 0.3) is 0 Å². The van der Waals surface area contributed by atoms with Crippen LogP contribution in [0.15, 0.2) is 47.1 Å². The molecule has 2 aromatic rings. The number of rotatable bonds is 4. The Kier molecular flexibility index (Phi) is 4.51. The van der Waals surface area contributed by atoms with E-state index < -0.39 is 0 Å². The third-order valence-corrected chi connectivity index (χ3v) is 5.43. The number of furan rings is 1. The van der Waals surface area contributed by atoms with E-state index in [1.807, 2.05) is 11.9 Å². The lowest BCUT2D eigenvalue weighted by Gasteiger charge is -2.35. The van der Waals surface area contributed by atoms with E-state index in [-0.39, 0.29) is 23.6 Å². The molecule has 3 heterocycles. The van der Waals surface area contributed by atoms with Gasteiger partial charge in [0.25, 0.3) is 11.8 Å². The fourth-order valence-corrected chi connectivity index (χ4v) is 4.04. The predicted molar refractivity (Wildman–Crippen MR) is 98.2 cm³/mol. The summed E-state index contributed by atoms with van der Waals surface area (Å²) < 4.78 is 5.10. The second-order valence-corrected chi connectivity index (χ2v) is 7.19. The molecule has 2 atom stereocenters. The second-order valence-electron chi connectivity index (χ2n) is 7.19. The summed E-state index contributed by atoms with van der Waals surface area (Å²) >= 11 is 0. The number of anilines is 1. The molecule has 6 heteroatoms. The average molecular weight is 353 g/mol. The van der Waals surface area contributed by atoms with E-state index in [2.05, 4.69) is 10.6 Å². The third-order valence-electron chi connectivity index (χ3n) is 5.43. The van der Waals surface area contributed by atoms with Crippen molar-refractivity contribution in [1.82, 2.24) is 10.2 Å². The van der Waals surface area contributed by atoms with Gasteiger partial charge in [-0.15, -0.1) is 0 Å². The van der Waals surface area contributed by atoms with Crippen molar-refractivity contribution >= 4 is 17.5 Å². The summed E-state index contributed by atoms with van der Waals surface area (Å²) in [5.41, 5.74) is 1.16. The van der Waals surface area contributed by atoms with Gasteiger partial charge in [0.2, 0.25) is 0 Å². The lowest BCUT2D eigenvalue weighted by atomic mass is 9.98. The fraction of sp³-hybridized carbons (Fsp3) is 0.400. The van der Waals surface area contributed by atoms with E-state index in [1.54, 1.807) is 36.4 Å². The van der Waals surface area contributed by atoms with Gasteiger partial charge in [-0.3, -0.25) is 9.59 Å². The van der Waals surface area contributed by atoms with Crippen LogP contribution in [0, 0.1) is 0 Å². The van der Waals surface area contributed by atoms with E-state index in [0.29, 0.717) is 23.3 Å². The van der Waals surface area contributed by atoms with Crippen LogP contribution < -0.4 is 10.6 Å². The molecule has 2 saturated heterocycles. The molecule has 2 aliphatic rings. The molecule has 4 rings (SSSR count). The van der Waals surface area contributed by atoms with E-state index in [1.165, 1.54) is 19.1 Å². The highest BCUT2D eigenvalue weighted by molar-refractivity contribution is 6.03. The first kappa shape index (κ1) is 16.8. The van der Waals surface area contributed by atoms with Crippen molar-refractivity contribution in [2.45, 2.75) is 43.8 Å². The van der Waals surface area contributed by atoms with Crippen molar-refractivity contribution in [2.24, 2.45) is 0 Å². The number of fused-ring (bicyclic) bond motifs is 2. The number of nitrogens with one attached hydrogen (secondary N) is 2. The highest BCUT2D eigenvalue weighted by atomic mass is 16.3. The van der Waals surface area contributed by atoms with Gasteiger partial charge in [-0.25, -0.2) is 0 Å². The monoisotopic (exact) mass is 353 g/mol. The second kappa shape index (κ2) is 6.96. The maximum absolute atomic E-state index is 12.9. The smallest absolute Gasteiger partial charge is 0.291 e. The number of carbonyl (C=O) groups excluding carboxylic acids is 2. The van der Waals surface area contributed by atoms with Gasteiger partial charge >= 0.3 is 0 Å². The molecule has 1 aromatic heterocycles. The summed E-state index contributed by atoms with van der Waals surface area (Å²) in [4.78, 5) is 26.9. The van der Waals surface area contributed by atoms with Crippen LogP contribution in [0.5, 0.6) is 0 Å². The number of piperidine rings is 1.